The lowest BCUT2D eigenvalue weighted by atomic mass is 10.2. The normalized spacial score (nSPS) is 22.5. The van der Waals surface area contributed by atoms with Gasteiger partial charge in [-0.3, -0.25) is 0 Å². The van der Waals surface area contributed by atoms with Crippen LogP contribution in [-0.2, 0) is 0 Å². The number of hydrogen-bond donors (Lipinski definition) is 0. The second-order valence-corrected chi connectivity index (χ2v) is 7.04. The monoisotopic (exact) mass is 331 g/mol. The van der Waals surface area contributed by atoms with E-state index in [2.05, 4.69) is 39.1 Å². The molecule has 2 aromatic heterocycles. The maximum Gasteiger partial charge on any atom is 0.245 e. The molecule has 0 aliphatic carbocycles. The van der Waals surface area contributed by atoms with Crippen molar-refractivity contribution in [2.45, 2.75) is 38.1 Å². The Labute approximate surface area is 141 Å². The van der Waals surface area contributed by atoms with Gasteiger partial charge in [-0.25, -0.2) is 14.6 Å². The molecule has 8 heteroatoms. The molecule has 24 heavy (non-hydrogen) atoms. The smallest absolute Gasteiger partial charge is 0.245 e. The maximum atomic E-state index is 4.84. The Morgan fingerprint density at radius 2 is 1.50 bits per heavy atom. The molecule has 0 aromatic carbocycles. The van der Waals surface area contributed by atoms with E-state index in [-0.39, 0.29) is 0 Å². The Morgan fingerprint density at radius 3 is 2.08 bits per heavy atom. The van der Waals surface area contributed by atoms with E-state index in [0.29, 0.717) is 17.3 Å². The van der Waals surface area contributed by atoms with Gasteiger partial charge in [0, 0.05) is 32.2 Å². The molecule has 2 fully saturated rings. The fourth-order valence-electron chi connectivity index (χ4n) is 3.68. The number of anilines is 2. The third-order valence-corrected chi connectivity index (χ3v) is 5.18. The Hall–Kier alpha value is -1.96. The molecule has 4 heterocycles. The van der Waals surface area contributed by atoms with Crippen LogP contribution in [0.5, 0.6) is 0 Å². The van der Waals surface area contributed by atoms with Crippen molar-refractivity contribution in [3.8, 4) is 0 Å². The Kier molecular flexibility index (Phi) is 4.22. The topological polar surface area (TPSA) is 74.4 Å². The fourth-order valence-corrected chi connectivity index (χ4v) is 3.68. The van der Waals surface area contributed by atoms with Crippen LogP contribution >= 0.6 is 0 Å². The number of fused-ring (bicyclic) bond motifs is 1. The molecule has 0 radical (unpaired) electrons. The van der Waals surface area contributed by atoms with Gasteiger partial charge in [-0.2, -0.15) is 0 Å². The molecule has 1 unspecified atom stereocenters. The number of rotatable bonds is 3. The molecule has 2 aromatic rings. The number of aromatic nitrogens is 4. The highest BCUT2D eigenvalue weighted by molar-refractivity contribution is 5.75. The van der Waals surface area contributed by atoms with Gasteiger partial charge in [-0.15, -0.1) is 0 Å². The first-order valence-corrected chi connectivity index (χ1v) is 8.89. The summed E-state index contributed by atoms with van der Waals surface area (Å²) >= 11 is 0. The first kappa shape index (κ1) is 15.6. The van der Waals surface area contributed by atoms with E-state index < -0.39 is 0 Å². The molecule has 0 spiro atoms. The highest BCUT2D eigenvalue weighted by Crippen LogP contribution is 2.31. The van der Waals surface area contributed by atoms with Gasteiger partial charge in [0.05, 0.1) is 0 Å². The van der Waals surface area contributed by atoms with E-state index in [9.17, 15) is 0 Å². The quantitative estimate of drug-likeness (QED) is 0.838. The molecule has 2 aliphatic rings. The molecule has 2 saturated heterocycles. The van der Waals surface area contributed by atoms with Crippen molar-refractivity contribution in [1.29, 1.82) is 0 Å². The van der Waals surface area contributed by atoms with E-state index >= 15 is 0 Å². The van der Waals surface area contributed by atoms with Gasteiger partial charge in [-0.05, 0) is 43.7 Å². The minimum absolute atomic E-state index is 0.497. The van der Waals surface area contributed by atoms with Crippen LogP contribution < -0.4 is 9.80 Å². The number of nitrogens with zero attached hydrogens (tertiary/aromatic N) is 7. The molecule has 0 N–H and O–H groups in total. The zero-order chi connectivity index (χ0) is 16.5. The van der Waals surface area contributed by atoms with Crippen LogP contribution in [0.15, 0.2) is 4.63 Å². The van der Waals surface area contributed by atoms with Crippen LogP contribution in [0.4, 0.5) is 11.6 Å². The van der Waals surface area contributed by atoms with Crippen LogP contribution in [0.25, 0.3) is 11.3 Å². The molecular weight excluding hydrogens is 306 g/mol. The lowest BCUT2D eigenvalue weighted by molar-refractivity contribution is 0.314. The maximum absolute atomic E-state index is 4.84. The standard InChI is InChI=1S/C16H25N7O/c1-21(2)12-7-10-23(11-12)16-15(22-8-5-3-4-6-9-22)17-13-14(18-16)20-24-19-13/h12H,3-11H2,1-2H3. The van der Waals surface area contributed by atoms with Crippen LogP contribution in [0.2, 0.25) is 0 Å². The molecular formula is C16H25N7O. The van der Waals surface area contributed by atoms with Gasteiger partial charge in [-0.1, -0.05) is 12.8 Å². The highest BCUT2D eigenvalue weighted by atomic mass is 16.6. The summed E-state index contributed by atoms with van der Waals surface area (Å²) in [4.78, 5) is 16.5. The third kappa shape index (κ3) is 2.90. The Balaban J connectivity index is 1.70. The molecule has 1 atom stereocenters. The Bertz CT molecular complexity index is 693. The van der Waals surface area contributed by atoms with Crippen molar-refractivity contribution in [3.05, 3.63) is 0 Å². The third-order valence-electron chi connectivity index (χ3n) is 5.18. The molecule has 8 nitrogen and oxygen atoms in total. The van der Waals surface area contributed by atoms with E-state index in [4.69, 9.17) is 14.6 Å². The SMILES string of the molecule is CN(C)C1CCN(c2nc3nonc3nc2N2CCCCCC2)C1. The van der Waals surface area contributed by atoms with Crippen LogP contribution in [-0.4, -0.2) is 71.5 Å². The summed E-state index contributed by atoms with van der Waals surface area (Å²) < 4.78 is 4.84. The van der Waals surface area contributed by atoms with Crippen LogP contribution in [0, 0.1) is 0 Å². The minimum Gasteiger partial charge on any atom is -0.353 e. The van der Waals surface area contributed by atoms with Crippen LogP contribution in [0.1, 0.15) is 32.1 Å². The summed E-state index contributed by atoms with van der Waals surface area (Å²) in [5.41, 5.74) is 0.998. The van der Waals surface area contributed by atoms with E-state index in [1.807, 2.05) is 0 Å². The van der Waals surface area contributed by atoms with Crippen molar-refractivity contribution >= 4 is 22.9 Å². The molecule has 130 valence electrons. The van der Waals surface area contributed by atoms with Crippen molar-refractivity contribution in [2.24, 2.45) is 0 Å². The second kappa shape index (κ2) is 6.51. The summed E-state index contributed by atoms with van der Waals surface area (Å²) in [5, 5.41) is 7.79. The largest absolute Gasteiger partial charge is 0.353 e. The predicted octanol–water partition coefficient (Wildman–Crippen LogP) is 1.53. The molecule has 2 aliphatic heterocycles. The number of likely N-dealkylation sites (N-methyl/N-ethyl adjacent to an activating group) is 1. The van der Waals surface area contributed by atoms with E-state index in [1.165, 1.54) is 25.7 Å². The Morgan fingerprint density at radius 1 is 0.875 bits per heavy atom. The summed E-state index contributed by atoms with van der Waals surface area (Å²) in [5.74, 6) is 1.88. The molecule has 4 rings (SSSR count). The van der Waals surface area contributed by atoms with Crippen molar-refractivity contribution in [1.82, 2.24) is 25.2 Å². The van der Waals surface area contributed by atoms with E-state index in [0.717, 1.165) is 44.2 Å². The minimum atomic E-state index is 0.497. The lowest BCUT2D eigenvalue weighted by Gasteiger charge is -2.27. The first-order valence-electron chi connectivity index (χ1n) is 8.89. The predicted molar refractivity (Wildman–Crippen MR) is 92.4 cm³/mol. The summed E-state index contributed by atoms with van der Waals surface area (Å²) in [6.45, 7) is 4.03. The van der Waals surface area contributed by atoms with Crippen molar-refractivity contribution in [2.75, 3.05) is 50.1 Å². The zero-order valence-electron chi connectivity index (χ0n) is 14.5. The van der Waals surface area contributed by atoms with Crippen LogP contribution in [0.3, 0.4) is 0 Å². The van der Waals surface area contributed by atoms with Gasteiger partial charge in [0.15, 0.2) is 11.6 Å². The first-order chi connectivity index (χ1) is 11.7. The van der Waals surface area contributed by atoms with Gasteiger partial charge < -0.3 is 14.7 Å². The average Bonchev–Trinajstić information content (AvgIpc) is 3.16. The summed E-state index contributed by atoms with van der Waals surface area (Å²) in [6, 6.07) is 0.551. The average molecular weight is 331 g/mol. The van der Waals surface area contributed by atoms with Crippen molar-refractivity contribution in [3.63, 3.8) is 0 Å². The van der Waals surface area contributed by atoms with Gasteiger partial charge >= 0.3 is 0 Å². The fraction of sp³-hybridized carbons (Fsp3) is 0.750. The van der Waals surface area contributed by atoms with Gasteiger partial charge in [0.2, 0.25) is 11.3 Å². The van der Waals surface area contributed by atoms with Crippen molar-refractivity contribution < 1.29 is 4.63 Å². The lowest BCUT2D eigenvalue weighted by Crippen LogP contribution is -2.33. The highest BCUT2D eigenvalue weighted by Gasteiger charge is 2.29. The summed E-state index contributed by atoms with van der Waals surface area (Å²) in [7, 11) is 4.28. The summed E-state index contributed by atoms with van der Waals surface area (Å²) in [6.07, 6.45) is 6.13. The second-order valence-electron chi connectivity index (χ2n) is 7.04. The number of hydrogen-bond acceptors (Lipinski definition) is 8. The van der Waals surface area contributed by atoms with E-state index in [1.54, 1.807) is 0 Å². The molecule has 0 saturated carbocycles. The van der Waals surface area contributed by atoms with Gasteiger partial charge in [0.25, 0.3) is 0 Å². The molecule has 0 amide bonds. The van der Waals surface area contributed by atoms with Gasteiger partial charge in [0.1, 0.15) is 0 Å². The molecule has 0 bridgehead atoms. The zero-order valence-corrected chi connectivity index (χ0v) is 14.5.